The lowest BCUT2D eigenvalue weighted by molar-refractivity contribution is -0.137. The van der Waals surface area contributed by atoms with Crippen molar-refractivity contribution in [2.75, 3.05) is 17.2 Å². The second-order valence-electron chi connectivity index (χ2n) is 6.34. The largest absolute Gasteiger partial charge is 0.416 e. The molecule has 0 saturated heterocycles. The van der Waals surface area contributed by atoms with E-state index in [0.29, 0.717) is 5.69 Å². The van der Waals surface area contributed by atoms with Gasteiger partial charge in [0.2, 0.25) is 5.91 Å². The minimum atomic E-state index is -4.49. The summed E-state index contributed by atoms with van der Waals surface area (Å²) in [5.74, 6) is -0.722. The zero-order valence-electron chi connectivity index (χ0n) is 15.6. The van der Waals surface area contributed by atoms with E-state index in [9.17, 15) is 22.8 Å². The van der Waals surface area contributed by atoms with E-state index in [1.165, 1.54) is 24.3 Å². The van der Waals surface area contributed by atoms with Crippen LogP contribution in [0.25, 0.3) is 0 Å². The zero-order chi connectivity index (χ0) is 20.7. The fourth-order valence-corrected chi connectivity index (χ4v) is 2.36. The van der Waals surface area contributed by atoms with Crippen LogP contribution in [-0.2, 0) is 11.0 Å². The lowest BCUT2D eigenvalue weighted by atomic mass is 10.1. The van der Waals surface area contributed by atoms with E-state index in [1.54, 1.807) is 12.1 Å². The van der Waals surface area contributed by atoms with E-state index < -0.39 is 17.6 Å². The Morgan fingerprint density at radius 1 is 1.04 bits per heavy atom. The number of hydrogen-bond donors (Lipinski definition) is 3. The number of anilines is 2. The summed E-state index contributed by atoms with van der Waals surface area (Å²) in [6.07, 6.45) is -3.67. The standard InChI is InChI=1S/C20H22F3N3O2/c1-3-13(2)25-18(27)12-24-16-8-4-6-14(10-16)19(28)26-17-9-5-7-15(11-17)20(21,22)23/h4-11,13,24H,3,12H2,1-2H3,(H,25,27)(H,26,28). The van der Waals surface area contributed by atoms with E-state index in [2.05, 4.69) is 16.0 Å². The van der Waals surface area contributed by atoms with Crippen LogP contribution >= 0.6 is 0 Å². The van der Waals surface area contributed by atoms with Gasteiger partial charge in [-0.25, -0.2) is 0 Å². The molecule has 0 radical (unpaired) electrons. The van der Waals surface area contributed by atoms with Crippen LogP contribution < -0.4 is 16.0 Å². The summed E-state index contributed by atoms with van der Waals surface area (Å²) in [7, 11) is 0. The van der Waals surface area contributed by atoms with Gasteiger partial charge in [-0.15, -0.1) is 0 Å². The van der Waals surface area contributed by atoms with Crippen molar-refractivity contribution in [2.45, 2.75) is 32.5 Å². The maximum absolute atomic E-state index is 12.8. The highest BCUT2D eigenvalue weighted by atomic mass is 19.4. The van der Waals surface area contributed by atoms with Crippen LogP contribution in [0.5, 0.6) is 0 Å². The van der Waals surface area contributed by atoms with Crippen molar-refractivity contribution in [3.05, 3.63) is 59.7 Å². The van der Waals surface area contributed by atoms with Crippen molar-refractivity contribution >= 4 is 23.2 Å². The molecule has 150 valence electrons. The van der Waals surface area contributed by atoms with Crippen LogP contribution in [0, 0.1) is 0 Å². The molecule has 2 amide bonds. The van der Waals surface area contributed by atoms with Crippen LogP contribution in [-0.4, -0.2) is 24.4 Å². The number of carbonyl (C=O) groups is 2. The fraction of sp³-hybridized carbons (Fsp3) is 0.300. The first kappa shape index (κ1) is 21.3. The van der Waals surface area contributed by atoms with Gasteiger partial charge in [-0.3, -0.25) is 9.59 Å². The van der Waals surface area contributed by atoms with E-state index in [1.807, 2.05) is 13.8 Å². The molecule has 28 heavy (non-hydrogen) atoms. The minimum absolute atomic E-state index is 0.0447. The number of benzene rings is 2. The smallest absolute Gasteiger partial charge is 0.376 e. The summed E-state index contributed by atoms with van der Waals surface area (Å²) in [5, 5.41) is 8.19. The molecule has 0 saturated carbocycles. The normalized spacial score (nSPS) is 12.2. The van der Waals surface area contributed by atoms with Crippen LogP contribution in [0.1, 0.15) is 36.2 Å². The summed E-state index contributed by atoms with van der Waals surface area (Å²) in [6.45, 7) is 3.91. The van der Waals surface area contributed by atoms with Gasteiger partial charge in [0.05, 0.1) is 12.1 Å². The minimum Gasteiger partial charge on any atom is -0.376 e. The van der Waals surface area contributed by atoms with Gasteiger partial charge in [0.25, 0.3) is 5.91 Å². The van der Waals surface area contributed by atoms with Gasteiger partial charge in [-0.2, -0.15) is 13.2 Å². The summed E-state index contributed by atoms with van der Waals surface area (Å²) in [5.41, 5.74) is 0.0138. The molecule has 0 aromatic heterocycles. The third-order valence-corrected chi connectivity index (χ3v) is 4.05. The van der Waals surface area contributed by atoms with Crippen molar-refractivity contribution in [3.8, 4) is 0 Å². The van der Waals surface area contributed by atoms with E-state index >= 15 is 0 Å². The summed E-state index contributed by atoms with van der Waals surface area (Å²) >= 11 is 0. The molecule has 1 atom stereocenters. The van der Waals surface area contributed by atoms with Crippen LogP contribution in [0.4, 0.5) is 24.5 Å². The molecule has 0 fully saturated rings. The van der Waals surface area contributed by atoms with E-state index in [4.69, 9.17) is 0 Å². The molecule has 5 nitrogen and oxygen atoms in total. The van der Waals surface area contributed by atoms with Crippen molar-refractivity contribution in [2.24, 2.45) is 0 Å². The first-order valence-electron chi connectivity index (χ1n) is 8.81. The predicted molar refractivity (Wildman–Crippen MR) is 102 cm³/mol. The first-order chi connectivity index (χ1) is 13.2. The lowest BCUT2D eigenvalue weighted by Gasteiger charge is -2.13. The predicted octanol–water partition coefficient (Wildman–Crippen LogP) is 4.28. The number of alkyl halides is 3. The van der Waals surface area contributed by atoms with Crippen LogP contribution in [0.3, 0.4) is 0 Å². The van der Waals surface area contributed by atoms with Crippen molar-refractivity contribution in [3.63, 3.8) is 0 Å². The number of amides is 2. The van der Waals surface area contributed by atoms with Crippen LogP contribution in [0.2, 0.25) is 0 Å². The average molecular weight is 393 g/mol. The van der Waals surface area contributed by atoms with Gasteiger partial charge < -0.3 is 16.0 Å². The van der Waals surface area contributed by atoms with Gasteiger partial charge in [0, 0.05) is 23.0 Å². The Morgan fingerprint density at radius 2 is 1.71 bits per heavy atom. The second kappa shape index (κ2) is 9.25. The highest BCUT2D eigenvalue weighted by Gasteiger charge is 2.30. The van der Waals surface area contributed by atoms with Crippen molar-refractivity contribution < 1.29 is 22.8 Å². The quantitative estimate of drug-likeness (QED) is 0.657. The molecule has 0 aliphatic rings. The summed E-state index contributed by atoms with van der Waals surface area (Å²) in [4.78, 5) is 24.2. The Hall–Kier alpha value is -3.03. The zero-order valence-corrected chi connectivity index (χ0v) is 15.6. The van der Waals surface area contributed by atoms with Gasteiger partial charge >= 0.3 is 6.18 Å². The number of rotatable bonds is 7. The first-order valence-corrected chi connectivity index (χ1v) is 8.81. The Bertz CT molecular complexity index is 837. The highest BCUT2D eigenvalue weighted by Crippen LogP contribution is 2.30. The molecule has 8 heteroatoms. The lowest BCUT2D eigenvalue weighted by Crippen LogP contribution is -2.36. The van der Waals surface area contributed by atoms with E-state index in [-0.39, 0.29) is 29.7 Å². The average Bonchev–Trinajstić information content (AvgIpc) is 2.66. The maximum Gasteiger partial charge on any atom is 0.416 e. The molecule has 0 bridgehead atoms. The molecular weight excluding hydrogens is 371 g/mol. The molecule has 2 aromatic carbocycles. The molecular formula is C20H22F3N3O2. The molecule has 2 rings (SSSR count). The Kier molecular flexibility index (Phi) is 7.03. The molecule has 1 unspecified atom stereocenters. The maximum atomic E-state index is 12.8. The Morgan fingerprint density at radius 3 is 2.39 bits per heavy atom. The van der Waals surface area contributed by atoms with Gasteiger partial charge in [-0.05, 0) is 49.7 Å². The molecule has 0 aliphatic heterocycles. The number of halogens is 3. The number of carbonyl (C=O) groups excluding carboxylic acids is 2. The molecule has 0 spiro atoms. The van der Waals surface area contributed by atoms with Gasteiger partial charge in [-0.1, -0.05) is 19.1 Å². The third kappa shape index (κ3) is 6.29. The fourth-order valence-electron chi connectivity index (χ4n) is 2.36. The third-order valence-electron chi connectivity index (χ3n) is 4.05. The molecule has 2 aromatic rings. The number of hydrogen-bond acceptors (Lipinski definition) is 3. The highest BCUT2D eigenvalue weighted by molar-refractivity contribution is 6.04. The monoisotopic (exact) mass is 393 g/mol. The van der Waals surface area contributed by atoms with Gasteiger partial charge in [0.15, 0.2) is 0 Å². The number of nitrogens with one attached hydrogen (secondary N) is 3. The van der Waals surface area contributed by atoms with Crippen molar-refractivity contribution in [1.82, 2.24) is 5.32 Å². The molecule has 0 heterocycles. The molecule has 3 N–H and O–H groups in total. The van der Waals surface area contributed by atoms with E-state index in [0.717, 1.165) is 18.6 Å². The Balaban J connectivity index is 2.01. The summed E-state index contributed by atoms with van der Waals surface area (Å²) < 4.78 is 38.3. The Labute approximate surface area is 161 Å². The van der Waals surface area contributed by atoms with Gasteiger partial charge in [0.1, 0.15) is 0 Å². The summed E-state index contributed by atoms with van der Waals surface area (Å²) in [6, 6.07) is 10.9. The molecule has 0 aliphatic carbocycles. The van der Waals surface area contributed by atoms with Crippen LogP contribution in [0.15, 0.2) is 48.5 Å². The van der Waals surface area contributed by atoms with Crippen molar-refractivity contribution in [1.29, 1.82) is 0 Å². The second-order valence-corrected chi connectivity index (χ2v) is 6.34. The topological polar surface area (TPSA) is 70.2 Å². The SMILES string of the molecule is CCC(C)NC(=O)CNc1cccc(C(=O)Nc2cccc(C(F)(F)F)c2)c1.